The van der Waals surface area contributed by atoms with Crippen molar-refractivity contribution in [2.45, 2.75) is 29.9 Å². The van der Waals surface area contributed by atoms with E-state index in [0.29, 0.717) is 0 Å². The van der Waals surface area contributed by atoms with Gasteiger partial charge >= 0.3 is 17.7 Å². The summed E-state index contributed by atoms with van der Waals surface area (Å²) in [6.07, 6.45) is -5.84. The number of carbonyl (C=O) groups is 2. The molecule has 134 valence electrons. The van der Waals surface area contributed by atoms with Crippen LogP contribution in [0.5, 0.6) is 0 Å². The molecule has 0 aliphatic rings. The average Bonchev–Trinajstić information content (AvgIpc) is 2.43. The van der Waals surface area contributed by atoms with Gasteiger partial charge in [-0.3, -0.25) is 9.59 Å². The van der Waals surface area contributed by atoms with Crippen molar-refractivity contribution in [3.8, 4) is 0 Å². The Labute approximate surface area is 137 Å². The number of hydrogen-bond donors (Lipinski definition) is 0. The molecule has 0 amide bonds. The minimum Gasteiger partial charge on any atom is -0.465 e. The van der Waals surface area contributed by atoms with Crippen LogP contribution < -0.4 is 0 Å². The van der Waals surface area contributed by atoms with Crippen molar-refractivity contribution < 1.29 is 40.7 Å². The van der Waals surface area contributed by atoms with Crippen molar-refractivity contribution in [1.82, 2.24) is 0 Å². The second kappa shape index (κ2) is 7.91. The molecule has 0 aliphatic carbocycles. The van der Waals surface area contributed by atoms with E-state index in [1.54, 1.807) is 0 Å². The number of carbonyl (C=O) groups excluding carboxylic acids is 2. The zero-order valence-electron chi connectivity index (χ0n) is 12.2. The van der Waals surface area contributed by atoms with Gasteiger partial charge in [-0.2, -0.15) is 26.3 Å². The van der Waals surface area contributed by atoms with Gasteiger partial charge in [-0.1, -0.05) is 12.1 Å². The molecule has 0 heterocycles. The van der Waals surface area contributed by atoms with Crippen molar-refractivity contribution in [2.24, 2.45) is 5.92 Å². The monoisotopic (exact) mass is 374 g/mol. The molecule has 0 radical (unpaired) electrons. The standard InChI is InChI=1S/C14H12F6O3S/c1-2-23-12(22)10(11(21)13(15,16)17)7-8-3-5-9(6-4-8)24-14(18,19)20/h3-6,10H,2,7H2,1H3. The SMILES string of the molecule is CCOC(=O)C(Cc1ccc(SC(F)(F)F)cc1)C(=O)C(F)(F)F. The molecule has 1 rings (SSSR count). The topological polar surface area (TPSA) is 43.4 Å². The number of thioether (sulfide) groups is 1. The molecule has 0 aromatic heterocycles. The number of esters is 1. The lowest BCUT2D eigenvalue weighted by Gasteiger charge is -2.16. The third-order valence-electron chi connectivity index (χ3n) is 2.76. The summed E-state index contributed by atoms with van der Waals surface area (Å²) in [5, 5.41) is 0. The first-order chi connectivity index (χ1) is 10.9. The van der Waals surface area contributed by atoms with Gasteiger partial charge in [0.2, 0.25) is 0 Å². The third-order valence-corrected chi connectivity index (χ3v) is 3.50. The number of Topliss-reactive ketones (excluding diaryl/α,β-unsaturated/α-hetero) is 1. The first kappa shape index (κ1) is 20.3. The Morgan fingerprint density at radius 2 is 1.62 bits per heavy atom. The minimum atomic E-state index is -5.22. The summed E-state index contributed by atoms with van der Waals surface area (Å²) in [5.41, 5.74) is -4.39. The molecular weight excluding hydrogens is 362 g/mol. The highest BCUT2D eigenvalue weighted by molar-refractivity contribution is 8.00. The van der Waals surface area contributed by atoms with Gasteiger partial charge in [-0.15, -0.1) is 0 Å². The highest BCUT2D eigenvalue weighted by Crippen LogP contribution is 2.37. The number of ketones is 1. The van der Waals surface area contributed by atoms with Crippen LogP contribution in [0.2, 0.25) is 0 Å². The normalized spacial score (nSPS) is 13.5. The van der Waals surface area contributed by atoms with Crippen molar-refractivity contribution >= 4 is 23.5 Å². The molecule has 1 aromatic rings. The fourth-order valence-electron chi connectivity index (χ4n) is 1.79. The number of halogens is 6. The van der Waals surface area contributed by atoms with Crippen LogP contribution in [0, 0.1) is 5.92 Å². The van der Waals surface area contributed by atoms with E-state index in [4.69, 9.17) is 0 Å². The van der Waals surface area contributed by atoms with E-state index >= 15 is 0 Å². The lowest BCUT2D eigenvalue weighted by atomic mass is 9.95. The van der Waals surface area contributed by atoms with Gasteiger partial charge in [0.25, 0.3) is 5.78 Å². The van der Waals surface area contributed by atoms with Gasteiger partial charge in [0.1, 0.15) is 5.92 Å². The molecule has 0 spiro atoms. The summed E-state index contributed by atoms with van der Waals surface area (Å²) in [7, 11) is 0. The Kier molecular flexibility index (Phi) is 6.70. The van der Waals surface area contributed by atoms with Gasteiger partial charge in [0.15, 0.2) is 0 Å². The van der Waals surface area contributed by atoms with E-state index < -0.39 is 35.8 Å². The van der Waals surface area contributed by atoms with E-state index in [1.165, 1.54) is 6.92 Å². The van der Waals surface area contributed by atoms with E-state index in [2.05, 4.69) is 4.74 Å². The fraction of sp³-hybridized carbons (Fsp3) is 0.429. The average molecular weight is 374 g/mol. The Morgan fingerprint density at radius 3 is 2.04 bits per heavy atom. The molecule has 0 aliphatic heterocycles. The first-order valence-electron chi connectivity index (χ1n) is 6.56. The molecule has 0 bridgehead atoms. The highest BCUT2D eigenvalue weighted by Gasteiger charge is 2.46. The maximum absolute atomic E-state index is 12.6. The molecule has 1 aromatic carbocycles. The van der Waals surface area contributed by atoms with Crippen LogP contribution in [0.15, 0.2) is 29.2 Å². The van der Waals surface area contributed by atoms with Crippen LogP contribution in [0.3, 0.4) is 0 Å². The predicted molar refractivity (Wildman–Crippen MR) is 73.2 cm³/mol. The molecular formula is C14H12F6O3S. The second-order valence-electron chi connectivity index (χ2n) is 4.56. The molecule has 10 heteroatoms. The van der Waals surface area contributed by atoms with E-state index in [9.17, 15) is 35.9 Å². The fourth-order valence-corrected chi connectivity index (χ4v) is 2.33. The highest BCUT2D eigenvalue weighted by atomic mass is 32.2. The van der Waals surface area contributed by atoms with Crippen LogP contribution in [0.4, 0.5) is 26.3 Å². The van der Waals surface area contributed by atoms with Gasteiger partial charge in [-0.05, 0) is 42.8 Å². The summed E-state index contributed by atoms with van der Waals surface area (Å²) in [6.45, 7) is 1.16. The van der Waals surface area contributed by atoms with Crippen molar-refractivity contribution in [3.63, 3.8) is 0 Å². The molecule has 0 saturated heterocycles. The van der Waals surface area contributed by atoms with Gasteiger partial charge in [0.05, 0.1) is 6.61 Å². The first-order valence-corrected chi connectivity index (χ1v) is 7.38. The maximum atomic E-state index is 12.6. The lowest BCUT2D eigenvalue weighted by molar-refractivity contribution is -0.180. The summed E-state index contributed by atoms with van der Waals surface area (Å²) < 4.78 is 78.8. The molecule has 0 fully saturated rings. The molecule has 24 heavy (non-hydrogen) atoms. The summed E-state index contributed by atoms with van der Waals surface area (Å²) in [4.78, 5) is 22.8. The number of hydrogen-bond acceptors (Lipinski definition) is 4. The van der Waals surface area contributed by atoms with Gasteiger partial charge < -0.3 is 4.74 Å². The molecule has 1 atom stereocenters. The summed E-state index contributed by atoms with van der Waals surface area (Å²) in [6, 6.07) is 4.36. The maximum Gasteiger partial charge on any atom is 0.450 e. The summed E-state index contributed by atoms with van der Waals surface area (Å²) >= 11 is -0.385. The van der Waals surface area contributed by atoms with Crippen LogP contribution in [0.25, 0.3) is 0 Å². The molecule has 0 saturated carbocycles. The van der Waals surface area contributed by atoms with Crippen LogP contribution in [-0.2, 0) is 20.7 Å². The molecule has 1 unspecified atom stereocenters. The quantitative estimate of drug-likeness (QED) is 0.325. The number of ether oxygens (including phenoxy) is 1. The Morgan fingerprint density at radius 1 is 1.08 bits per heavy atom. The van der Waals surface area contributed by atoms with Gasteiger partial charge in [-0.25, -0.2) is 0 Å². The van der Waals surface area contributed by atoms with Crippen LogP contribution in [0.1, 0.15) is 12.5 Å². The van der Waals surface area contributed by atoms with Gasteiger partial charge in [0, 0.05) is 4.90 Å². The summed E-state index contributed by atoms with van der Waals surface area (Å²) in [5.74, 6) is -5.67. The number of benzene rings is 1. The molecule has 3 nitrogen and oxygen atoms in total. The number of rotatable bonds is 6. The minimum absolute atomic E-state index is 0.108. The predicted octanol–water partition coefficient (Wildman–Crippen LogP) is 4.15. The Bertz CT molecular complexity index is 580. The Balaban J connectivity index is 2.94. The van der Waals surface area contributed by atoms with Crippen molar-refractivity contribution in [3.05, 3.63) is 29.8 Å². The van der Waals surface area contributed by atoms with Crippen molar-refractivity contribution in [1.29, 1.82) is 0 Å². The third kappa shape index (κ3) is 6.42. The van der Waals surface area contributed by atoms with Crippen molar-refractivity contribution in [2.75, 3.05) is 6.61 Å². The number of alkyl halides is 6. The zero-order valence-corrected chi connectivity index (χ0v) is 13.0. The van der Waals surface area contributed by atoms with E-state index in [0.717, 1.165) is 24.3 Å². The van der Waals surface area contributed by atoms with E-state index in [-0.39, 0.29) is 28.8 Å². The largest absolute Gasteiger partial charge is 0.465 e. The smallest absolute Gasteiger partial charge is 0.450 e. The zero-order chi connectivity index (χ0) is 18.5. The van der Waals surface area contributed by atoms with Crippen LogP contribution >= 0.6 is 11.8 Å². The van der Waals surface area contributed by atoms with Crippen LogP contribution in [-0.4, -0.2) is 30.0 Å². The molecule has 0 N–H and O–H groups in total. The van der Waals surface area contributed by atoms with E-state index in [1.807, 2.05) is 0 Å². The second-order valence-corrected chi connectivity index (χ2v) is 5.70. The lowest BCUT2D eigenvalue weighted by Crippen LogP contribution is -2.37. The Hall–Kier alpha value is -1.71.